The molecule has 9 heteroatoms. The zero-order valence-corrected chi connectivity index (χ0v) is 17.6. The number of nitrogens with zero attached hydrogens (tertiary/aromatic N) is 1. The van der Waals surface area contributed by atoms with Gasteiger partial charge in [-0.2, -0.15) is 8.78 Å². The molecule has 154 valence electrons. The number of aliphatic imine (C=N–C) groups is 1. The number of nitrogens with one attached hydrogen (secondary N) is 1. The number of amidine groups is 1. The predicted octanol–water partition coefficient (Wildman–Crippen LogP) is 5.27. The summed E-state index contributed by atoms with van der Waals surface area (Å²) >= 11 is 3.19. The van der Waals surface area contributed by atoms with Crippen molar-refractivity contribution in [3.8, 4) is 0 Å². The van der Waals surface area contributed by atoms with E-state index in [2.05, 4.69) is 26.2 Å². The summed E-state index contributed by atoms with van der Waals surface area (Å²) in [5.74, 6) is -4.32. The quantitative estimate of drug-likeness (QED) is 0.617. The summed E-state index contributed by atoms with van der Waals surface area (Å²) in [5.41, 5.74) is -5.21. The van der Waals surface area contributed by atoms with E-state index in [0.29, 0.717) is 10.9 Å². The van der Waals surface area contributed by atoms with Crippen molar-refractivity contribution >= 4 is 28.0 Å². The average Bonchev–Trinajstić information content (AvgIpc) is 2.49. The molecule has 0 radical (unpaired) electrons. The molecule has 2 aliphatic rings. The molecule has 1 aromatic carbocycles. The van der Waals surface area contributed by atoms with Gasteiger partial charge in [0.25, 0.3) is 6.02 Å². The average molecular weight is 463 g/mol. The van der Waals surface area contributed by atoms with Crippen LogP contribution in [0.1, 0.15) is 52.5 Å². The van der Waals surface area contributed by atoms with Gasteiger partial charge in [-0.25, -0.2) is 19.5 Å². The Balaban J connectivity index is 2.07. The Morgan fingerprint density at radius 2 is 1.96 bits per heavy atom. The summed E-state index contributed by atoms with van der Waals surface area (Å²) in [4.78, 5) is 16.1. The van der Waals surface area contributed by atoms with Crippen molar-refractivity contribution in [1.29, 1.82) is 0 Å². The van der Waals surface area contributed by atoms with Gasteiger partial charge in [0.1, 0.15) is 11.4 Å². The van der Waals surface area contributed by atoms with Gasteiger partial charge in [0.05, 0.1) is 0 Å². The lowest BCUT2D eigenvalue weighted by atomic mass is 9.66. The second kappa shape index (κ2) is 6.64. The van der Waals surface area contributed by atoms with Gasteiger partial charge in [0, 0.05) is 10.0 Å². The topological polar surface area (TPSA) is 59.9 Å². The number of carbonyl (C=O) groups excluding carboxylic acids is 1. The van der Waals surface area contributed by atoms with E-state index < -0.39 is 40.6 Å². The molecule has 1 saturated carbocycles. The third-order valence-corrected chi connectivity index (χ3v) is 5.52. The van der Waals surface area contributed by atoms with Crippen molar-refractivity contribution < 1.29 is 27.4 Å². The van der Waals surface area contributed by atoms with Crippen LogP contribution >= 0.6 is 15.9 Å². The fourth-order valence-corrected chi connectivity index (χ4v) is 3.81. The number of rotatable bonds is 1. The number of amides is 1. The zero-order valence-electron chi connectivity index (χ0n) is 16.0. The molecule has 1 heterocycles. The molecule has 0 aromatic heterocycles. The molecule has 0 unspecified atom stereocenters. The third kappa shape index (κ3) is 3.38. The molecule has 1 fully saturated rings. The van der Waals surface area contributed by atoms with Gasteiger partial charge < -0.3 is 9.47 Å². The molecule has 1 aromatic rings. The number of halogens is 4. The summed E-state index contributed by atoms with van der Waals surface area (Å²) in [6.45, 7) is 6.15. The SMILES string of the molecule is CC(C)(C)OC(=O)NC1=N[C@@](C)(c2cc(Br)ccc2F)C(F)(F)C2(CCC2)O1. The summed E-state index contributed by atoms with van der Waals surface area (Å²) in [6, 6.07) is 3.39. The lowest BCUT2D eigenvalue weighted by Gasteiger charge is -2.54. The Bertz CT molecular complexity index is 834. The Kier molecular flexibility index (Phi) is 4.97. The minimum atomic E-state index is -3.50. The van der Waals surface area contributed by atoms with E-state index in [4.69, 9.17) is 9.47 Å². The van der Waals surface area contributed by atoms with Crippen molar-refractivity contribution in [2.45, 2.75) is 69.6 Å². The monoisotopic (exact) mass is 462 g/mol. The van der Waals surface area contributed by atoms with E-state index in [0.717, 1.165) is 13.0 Å². The van der Waals surface area contributed by atoms with Gasteiger partial charge in [-0.3, -0.25) is 0 Å². The van der Waals surface area contributed by atoms with E-state index in [1.165, 1.54) is 12.1 Å². The Labute approximate surface area is 169 Å². The van der Waals surface area contributed by atoms with Gasteiger partial charge in [-0.05, 0) is 65.2 Å². The molecule has 5 nitrogen and oxygen atoms in total. The maximum atomic E-state index is 15.6. The molecule has 28 heavy (non-hydrogen) atoms. The van der Waals surface area contributed by atoms with Crippen molar-refractivity contribution in [1.82, 2.24) is 5.32 Å². The van der Waals surface area contributed by atoms with Crippen LogP contribution in [0.15, 0.2) is 27.7 Å². The molecule has 1 aliphatic carbocycles. The highest BCUT2D eigenvalue weighted by atomic mass is 79.9. The van der Waals surface area contributed by atoms with Gasteiger partial charge in [0.15, 0.2) is 11.1 Å². The normalized spacial score (nSPS) is 25.4. The van der Waals surface area contributed by atoms with Crippen LogP contribution in [0, 0.1) is 5.82 Å². The van der Waals surface area contributed by atoms with Gasteiger partial charge in [-0.15, -0.1) is 0 Å². The Morgan fingerprint density at radius 3 is 2.50 bits per heavy atom. The molecule has 0 bridgehead atoms. The van der Waals surface area contributed by atoms with Crippen LogP contribution in [0.2, 0.25) is 0 Å². The first kappa shape index (κ1) is 21.0. The van der Waals surface area contributed by atoms with Crippen molar-refractivity contribution in [2.24, 2.45) is 4.99 Å². The maximum absolute atomic E-state index is 15.6. The van der Waals surface area contributed by atoms with Crippen molar-refractivity contribution in [2.75, 3.05) is 0 Å². The van der Waals surface area contributed by atoms with E-state index in [-0.39, 0.29) is 18.4 Å². The van der Waals surface area contributed by atoms with Gasteiger partial charge >= 0.3 is 12.0 Å². The zero-order chi connectivity index (χ0) is 21.0. The second-order valence-electron chi connectivity index (χ2n) is 8.26. The number of carbonyl (C=O) groups is 1. The Hall–Kier alpha value is -1.77. The number of hydrogen-bond acceptors (Lipinski definition) is 4. The van der Waals surface area contributed by atoms with E-state index >= 15 is 8.78 Å². The highest BCUT2D eigenvalue weighted by Crippen LogP contribution is 2.59. The molecule has 1 spiro atoms. The van der Waals surface area contributed by atoms with Crippen molar-refractivity contribution in [3.63, 3.8) is 0 Å². The number of alkyl carbamates (subject to hydrolysis) is 1. The smallest absolute Gasteiger partial charge is 0.415 e. The molecule has 1 N–H and O–H groups in total. The number of alkyl halides is 2. The largest absolute Gasteiger partial charge is 0.452 e. The first-order chi connectivity index (χ1) is 12.8. The molecule has 1 atom stereocenters. The summed E-state index contributed by atoms with van der Waals surface area (Å²) in [5, 5.41) is 2.29. The predicted molar refractivity (Wildman–Crippen MR) is 101 cm³/mol. The lowest BCUT2D eigenvalue weighted by Crippen LogP contribution is -2.68. The maximum Gasteiger partial charge on any atom is 0.415 e. The van der Waals surface area contributed by atoms with Gasteiger partial charge in [-0.1, -0.05) is 15.9 Å². The second-order valence-corrected chi connectivity index (χ2v) is 9.18. The van der Waals surface area contributed by atoms with Crippen LogP contribution in [-0.2, 0) is 15.0 Å². The van der Waals surface area contributed by atoms with Crippen LogP contribution in [0.4, 0.5) is 18.0 Å². The molecule has 3 rings (SSSR count). The summed E-state index contributed by atoms with van der Waals surface area (Å²) < 4.78 is 56.7. The van der Waals surface area contributed by atoms with Crippen LogP contribution in [-0.4, -0.2) is 29.2 Å². The van der Waals surface area contributed by atoms with Crippen LogP contribution in [0.25, 0.3) is 0 Å². The first-order valence-electron chi connectivity index (χ1n) is 8.92. The first-order valence-corrected chi connectivity index (χ1v) is 9.71. The molecular weight excluding hydrogens is 441 g/mol. The molecule has 1 aliphatic heterocycles. The number of ether oxygens (including phenoxy) is 2. The van der Waals surface area contributed by atoms with Crippen LogP contribution < -0.4 is 5.32 Å². The molecule has 0 saturated heterocycles. The van der Waals surface area contributed by atoms with Crippen LogP contribution in [0.3, 0.4) is 0 Å². The van der Waals surface area contributed by atoms with E-state index in [9.17, 15) is 9.18 Å². The number of benzene rings is 1. The van der Waals surface area contributed by atoms with Crippen molar-refractivity contribution in [3.05, 3.63) is 34.1 Å². The molecular formula is C19H22BrF3N2O3. The fourth-order valence-electron chi connectivity index (χ4n) is 3.45. The highest BCUT2D eigenvalue weighted by molar-refractivity contribution is 9.10. The summed E-state index contributed by atoms with van der Waals surface area (Å²) in [7, 11) is 0. The van der Waals surface area contributed by atoms with Gasteiger partial charge in [0.2, 0.25) is 0 Å². The number of hydrogen-bond donors (Lipinski definition) is 1. The van der Waals surface area contributed by atoms with E-state index in [1.54, 1.807) is 20.8 Å². The Morgan fingerprint density at radius 1 is 1.32 bits per heavy atom. The molecule has 1 amide bonds. The third-order valence-electron chi connectivity index (χ3n) is 5.02. The minimum absolute atomic E-state index is 0.0697. The van der Waals surface area contributed by atoms with Crippen LogP contribution in [0.5, 0.6) is 0 Å². The lowest BCUT2D eigenvalue weighted by molar-refractivity contribution is -0.253. The standard InChI is InChI=1S/C19H22BrF3N2O3/c1-16(2,3)28-15(26)24-14-25-17(4,12-10-11(20)6-7-13(12)21)19(22,23)18(27-14)8-5-9-18/h6-7,10H,5,8-9H2,1-4H3,(H,24,25,26)/t17-/m0/s1. The van der Waals surface area contributed by atoms with E-state index in [1.807, 2.05) is 0 Å². The summed E-state index contributed by atoms with van der Waals surface area (Å²) in [6.07, 6.45) is -0.213. The fraction of sp³-hybridized carbons (Fsp3) is 0.579. The highest BCUT2D eigenvalue weighted by Gasteiger charge is 2.72. The minimum Gasteiger partial charge on any atom is -0.452 e.